The zero-order valence-electron chi connectivity index (χ0n) is 7.40. The average Bonchev–Trinajstić information content (AvgIpc) is 2.69. The number of nitrogens with zero attached hydrogens (tertiary/aromatic N) is 1. The number of hydrogen-bond acceptors (Lipinski definition) is 3. The molecule has 0 aliphatic rings. The topological polar surface area (TPSA) is 24.9 Å². The molecule has 0 spiro atoms. The number of rotatable bonds is 3. The lowest BCUT2D eigenvalue weighted by molar-refractivity contribution is 1.03. The minimum atomic E-state index is 0.748. The van der Waals surface area contributed by atoms with Crippen molar-refractivity contribution in [2.24, 2.45) is 0 Å². The van der Waals surface area contributed by atoms with Crippen molar-refractivity contribution in [3.8, 4) is 0 Å². The van der Waals surface area contributed by atoms with Crippen molar-refractivity contribution < 1.29 is 0 Å². The van der Waals surface area contributed by atoms with Gasteiger partial charge in [0.1, 0.15) is 0 Å². The van der Waals surface area contributed by atoms with E-state index < -0.39 is 0 Å². The van der Waals surface area contributed by atoms with Gasteiger partial charge in [0.15, 0.2) is 0 Å². The van der Waals surface area contributed by atoms with E-state index >= 15 is 0 Å². The number of aromatic nitrogens is 1. The third kappa shape index (κ3) is 2.33. The Morgan fingerprint density at radius 1 is 1.43 bits per heavy atom. The molecule has 0 aliphatic carbocycles. The second kappa shape index (κ2) is 4.57. The van der Waals surface area contributed by atoms with E-state index in [1.54, 1.807) is 17.5 Å². The molecule has 1 N–H and O–H groups in total. The fourth-order valence-corrected chi connectivity index (χ4v) is 2.11. The standard InChI is InChI=1S/C10H9BrN2S/c11-9-2-1-4-12-10(9)6-13-8-3-5-14-7-8/h1-5,7,13H,6H2. The van der Waals surface area contributed by atoms with Crippen LogP contribution in [0.2, 0.25) is 0 Å². The summed E-state index contributed by atoms with van der Waals surface area (Å²) in [4.78, 5) is 4.27. The van der Waals surface area contributed by atoms with Gasteiger partial charge >= 0.3 is 0 Å². The Bertz CT molecular complexity index is 400. The van der Waals surface area contributed by atoms with Gasteiger partial charge in [-0.25, -0.2) is 0 Å². The third-order valence-corrected chi connectivity index (χ3v) is 3.22. The number of anilines is 1. The van der Waals surface area contributed by atoms with Crippen LogP contribution in [0.25, 0.3) is 0 Å². The summed E-state index contributed by atoms with van der Waals surface area (Å²) in [5.41, 5.74) is 2.17. The summed E-state index contributed by atoms with van der Waals surface area (Å²) in [7, 11) is 0. The van der Waals surface area contributed by atoms with E-state index in [2.05, 4.69) is 43.1 Å². The van der Waals surface area contributed by atoms with Crippen molar-refractivity contribution in [2.45, 2.75) is 6.54 Å². The molecule has 2 aromatic heterocycles. The molecule has 0 aromatic carbocycles. The van der Waals surface area contributed by atoms with E-state index in [-0.39, 0.29) is 0 Å². The zero-order valence-corrected chi connectivity index (χ0v) is 9.81. The highest BCUT2D eigenvalue weighted by Crippen LogP contribution is 2.16. The predicted octanol–water partition coefficient (Wildman–Crippen LogP) is 3.52. The number of hydrogen-bond donors (Lipinski definition) is 1. The number of thiophene rings is 1. The molecule has 0 aliphatic heterocycles. The Hall–Kier alpha value is -0.870. The van der Waals surface area contributed by atoms with Crippen molar-refractivity contribution in [3.05, 3.63) is 45.3 Å². The molecule has 0 amide bonds. The maximum atomic E-state index is 4.27. The van der Waals surface area contributed by atoms with Gasteiger partial charge in [-0.1, -0.05) is 0 Å². The van der Waals surface area contributed by atoms with Gasteiger partial charge in [-0.3, -0.25) is 4.98 Å². The molecule has 0 saturated heterocycles. The molecule has 0 unspecified atom stereocenters. The van der Waals surface area contributed by atoms with Crippen molar-refractivity contribution in [1.82, 2.24) is 4.98 Å². The molecule has 14 heavy (non-hydrogen) atoms. The van der Waals surface area contributed by atoms with Crippen LogP contribution < -0.4 is 5.32 Å². The second-order valence-electron chi connectivity index (χ2n) is 2.80. The summed E-state index contributed by atoms with van der Waals surface area (Å²) in [6.45, 7) is 0.748. The number of nitrogens with one attached hydrogen (secondary N) is 1. The van der Waals surface area contributed by atoms with Crippen LogP contribution in [0.1, 0.15) is 5.69 Å². The maximum Gasteiger partial charge on any atom is 0.0736 e. The van der Waals surface area contributed by atoms with E-state index in [1.165, 1.54) is 0 Å². The number of pyridine rings is 1. The Kier molecular flexibility index (Phi) is 3.16. The van der Waals surface area contributed by atoms with Crippen LogP contribution in [-0.2, 0) is 6.54 Å². The maximum absolute atomic E-state index is 4.27. The first-order valence-corrected chi connectivity index (χ1v) is 5.95. The molecule has 0 atom stereocenters. The number of halogens is 1. The van der Waals surface area contributed by atoms with Gasteiger partial charge in [-0.15, -0.1) is 0 Å². The predicted molar refractivity (Wildman–Crippen MR) is 63.6 cm³/mol. The monoisotopic (exact) mass is 268 g/mol. The summed E-state index contributed by atoms with van der Waals surface area (Å²) < 4.78 is 1.04. The van der Waals surface area contributed by atoms with Gasteiger partial charge in [0.25, 0.3) is 0 Å². The zero-order chi connectivity index (χ0) is 9.80. The van der Waals surface area contributed by atoms with Crippen LogP contribution in [0.3, 0.4) is 0 Å². The van der Waals surface area contributed by atoms with Gasteiger partial charge in [0, 0.05) is 21.7 Å². The van der Waals surface area contributed by atoms with Crippen LogP contribution in [0, 0.1) is 0 Å². The molecule has 2 rings (SSSR count). The highest BCUT2D eigenvalue weighted by atomic mass is 79.9. The van der Waals surface area contributed by atoms with E-state index in [1.807, 2.05) is 12.1 Å². The van der Waals surface area contributed by atoms with Crippen molar-refractivity contribution in [2.75, 3.05) is 5.32 Å². The summed E-state index contributed by atoms with van der Waals surface area (Å²) in [5.74, 6) is 0. The second-order valence-corrected chi connectivity index (χ2v) is 4.43. The first kappa shape index (κ1) is 9.68. The summed E-state index contributed by atoms with van der Waals surface area (Å²) in [6, 6.07) is 5.97. The van der Waals surface area contributed by atoms with E-state index in [9.17, 15) is 0 Å². The highest BCUT2D eigenvalue weighted by Gasteiger charge is 1.99. The van der Waals surface area contributed by atoms with E-state index in [4.69, 9.17) is 0 Å². The Labute approximate surface area is 95.1 Å². The molecule has 2 heterocycles. The molecule has 2 nitrogen and oxygen atoms in total. The molecule has 0 bridgehead atoms. The molecular formula is C10H9BrN2S. The largest absolute Gasteiger partial charge is 0.379 e. The van der Waals surface area contributed by atoms with E-state index in [0.29, 0.717) is 0 Å². The first-order chi connectivity index (χ1) is 6.86. The van der Waals surface area contributed by atoms with Crippen LogP contribution in [0.5, 0.6) is 0 Å². The van der Waals surface area contributed by atoms with Gasteiger partial charge in [-0.2, -0.15) is 11.3 Å². The SMILES string of the molecule is Brc1cccnc1CNc1ccsc1. The Morgan fingerprint density at radius 2 is 2.36 bits per heavy atom. The van der Waals surface area contributed by atoms with Gasteiger partial charge in [0.05, 0.1) is 12.2 Å². The Morgan fingerprint density at radius 3 is 3.07 bits per heavy atom. The minimum absolute atomic E-state index is 0.748. The third-order valence-electron chi connectivity index (χ3n) is 1.82. The fraction of sp³-hybridized carbons (Fsp3) is 0.100. The summed E-state index contributed by atoms with van der Waals surface area (Å²) >= 11 is 5.14. The van der Waals surface area contributed by atoms with Crippen LogP contribution in [0.15, 0.2) is 39.6 Å². The molecule has 72 valence electrons. The lowest BCUT2D eigenvalue weighted by Gasteiger charge is -2.04. The average molecular weight is 269 g/mol. The van der Waals surface area contributed by atoms with Crippen LogP contribution >= 0.6 is 27.3 Å². The van der Waals surface area contributed by atoms with Crippen molar-refractivity contribution in [3.63, 3.8) is 0 Å². The lowest BCUT2D eigenvalue weighted by atomic mass is 10.3. The normalized spacial score (nSPS) is 10.1. The van der Waals surface area contributed by atoms with Crippen molar-refractivity contribution in [1.29, 1.82) is 0 Å². The van der Waals surface area contributed by atoms with E-state index in [0.717, 1.165) is 22.4 Å². The lowest BCUT2D eigenvalue weighted by Crippen LogP contribution is -2.01. The fourth-order valence-electron chi connectivity index (χ4n) is 1.10. The minimum Gasteiger partial charge on any atom is -0.379 e. The van der Waals surface area contributed by atoms with Crippen LogP contribution in [0.4, 0.5) is 5.69 Å². The molecule has 0 radical (unpaired) electrons. The molecular weight excluding hydrogens is 260 g/mol. The summed E-state index contributed by atoms with van der Waals surface area (Å²) in [6.07, 6.45) is 1.80. The highest BCUT2D eigenvalue weighted by molar-refractivity contribution is 9.10. The molecule has 2 aromatic rings. The van der Waals surface area contributed by atoms with Crippen LogP contribution in [-0.4, -0.2) is 4.98 Å². The Balaban J connectivity index is 2.02. The van der Waals surface area contributed by atoms with Gasteiger partial charge < -0.3 is 5.32 Å². The smallest absolute Gasteiger partial charge is 0.0736 e. The first-order valence-electron chi connectivity index (χ1n) is 4.22. The molecule has 0 fully saturated rings. The quantitative estimate of drug-likeness (QED) is 0.922. The molecule has 4 heteroatoms. The van der Waals surface area contributed by atoms with Crippen molar-refractivity contribution >= 4 is 33.0 Å². The summed E-state index contributed by atoms with van der Waals surface area (Å²) in [5, 5.41) is 7.43. The van der Waals surface area contributed by atoms with Gasteiger partial charge in [-0.05, 0) is 39.5 Å². The van der Waals surface area contributed by atoms with Gasteiger partial charge in [0.2, 0.25) is 0 Å². The molecule has 0 saturated carbocycles.